The number of hydrogen-bond donors (Lipinski definition) is 1. The van der Waals surface area contributed by atoms with E-state index in [0.717, 1.165) is 12.1 Å². The van der Waals surface area contributed by atoms with E-state index in [-0.39, 0.29) is 18.4 Å². The van der Waals surface area contributed by atoms with E-state index in [1.165, 1.54) is 17.0 Å². The van der Waals surface area contributed by atoms with Crippen LogP contribution in [0.15, 0.2) is 48.5 Å². The summed E-state index contributed by atoms with van der Waals surface area (Å²) >= 11 is 0. The molecule has 1 unspecified atom stereocenters. The fourth-order valence-electron chi connectivity index (χ4n) is 3.26. The highest BCUT2D eigenvalue weighted by Crippen LogP contribution is 2.35. The summed E-state index contributed by atoms with van der Waals surface area (Å²) < 4.78 is 38.4. The highest BCUT2D eigenvalue weighted by Gasteiger charge is 2.41. The molecular formula is C21H23F3N2O2Si. The Morgan fingerprint density at radius 3 is 2.28 bits per heavy atom. The molecule has 154 valence electrons. The van der Waals surface area contributed by atoms with Crippen LogP contribution in [0.4, 0.5) is 13.2 Å². The summed E-state index contributed by atoms with van der Waals surface area (Å²) in [6.07, 6.45) is -3.84. The third-order valence-corrected chi connectivity index (χ3v) is 5.97. The van der Waals surface area contributed by atoms with Gasteiger partial charge in [0.25, 0.3) is 5.91 Å². The van der Waals surface area contributed by atoms with Crippen molar-refractivity contribution in [2.24, 2.45) is 0 Å². The quantitative estimate of drug-likeness (QED) is 0.729. The summed E-state index contributed by atoms with van der Waals surface area (Å²) in [6, 6.07) is 10.8. The number of amides is 2. The van der Waals surface area contributed by atoms with Crippen molar-refractivity contribution >= 4 is 19.9 Å². The zero-order valence-corrected chi connectivity index (χ0v) is 17.5. The second-order valence-electron chi connectivity index (χ2n) is 8.40. The maximum Gasteiger partial charge on any atom is 0.416 e. The van der Waals surface area contributed by atoms with Crippen molar-refractivity contribution in [2.45, 2.75) is 38.4 Å². The van der Waals surface area contributed by atoms with Crippen LogP contribution in [0.5, 0.6) is 0 Å². The Balaban J connectivity index is 1.87. The van der Waals surface area contributed by atoms with Gasteiger partial charge in [-0.2, -0.15) is 13.2 Å². The van der Waals surface area contributed by atoms with E-state index in [4.69, 9.17) is 0 Å². The molecule has 0 saturated carbocycles. The van der Waals surface area contributed by atoms with Crippen LogP contribution in [0.2, 0.25) is 19.6 Å². The molecule has 0 bridgehead atoms. The summed E-state index contributed by atoms with van der Waals surface area (Å²) in [4.78, 5) is 27.3. The second-order valence-corrected chi connectivity index (χ2v) is 13.9. The first-order valence-corrected chi connectivity index (χ1v) is 13.0. The number of halogens is 3. The third kappa shape index (κ3) is 4.69. The van der Waals surface area contributed by atoms with Crippen molar-refractivity contribution in [1.82, 2.24) is 10.2 Å². The van der Waals surface area contributed by atoms with Crippen LogP contribution in [0, 0.1) is 0 Å². The van der Waals surface area contributed by atoms with Crippen LogP contribution in [-0.2, 0) is 17.5 Å². The van der Waals surface area contributed by atoms with Crippen molar-refractivity contribution in [3.05, 3.63) is 70.8 Å². The summed E-state index contributed by atoms with van der Waals surface area (Å²) in [5.41, 5.74) is 0.855. The van der Waals surface area contributed by atoms with Crippen LogP contribution in [0.3, 0.4) is 0 Å². The maximum absolute atomic E-state index is 13.0. The highest BCUT2D eigenvalue weighted by molar-refractivity contribution is 6.76. The number of hydrogen-bond acceptors (Lipinski definition) is 2. The first kappa shape index (κ1) is 21.1. The predicted octanol–water partition coefficient (Wildman–Crippen LogP) is 4.40. The number of carbonyl (C=O) groups excluding carboxylic acids is 2. The van der Waals surface area contributed by atoms with Gasteiger partial charge in [-0.15, -0.1) is 0 Å². The number of nitrogens with one attached hydrogen (secondary N) is 1. The van der Waals surface area contributed by atoms with Crippen LogP contribution in [0.1, 0.15) is 33.1 Å². The molecule has 29 heavy (non-hydrogen) atoms. The lowest BCUT2D eigenvalue weighted by molar-refractivity contribution is -0.137. The fraction of sp³-hybridized carbons (Fsp3) is 0.333. The first-order valence-electron chi connectivity index (χ1n) is 9.31. The maximum atomic E-state index is 13.0. The topological polar surface area (TPSA) is 49.4 Å². The molecule has 4 nitrogen and oxygen atoms in total. The Hall–Kier alpha value is -2.61. The SMILES string of the molecule is C[Si](C)(C)CNC(=O)C1c2ccccc2C(=O)N1Cc1ccc(C(F)(F)F)cc1. The molecule has 2 amide bonds. The molecule has 8 heteroatoms. The van der Waals surface area contributed by atoms with Gasteiger partial charge in [0.1, 0.15) is 6.04 Å². The molecule has 0 saturated heterocycles. The van der Waals surface area contributed by atoms with Gasteiger partial charge in [0.15, 0.2) is 0 Å². The van der Waals surface area contributed by atoms with E-state index < -0.39 is 25.9 Å². The summed E-state index contributed by atoms with van der Waals surface area (Å²) in [6.45, 7) is 6.43. The molecule has 1 aliphatic rings. The molecule has 1 aliphatic heterocycles. The molecule has 1 N–H and O–H groups in total. The molecule has 1 atom stereocenters. The molecule has 1 heterocycles. The molecule has 2 aromatic rings. The number of nitrogens with zero attached hydrogens (tertiary/aromatic N) is 1. The number of carbonyl (C=O) groups is 2. The zero-order chi connectivity index (χ0) is 21.4. The lowest BCUT2D eigenvalue weighted by atomic mass is 10.0. The Kier molecular flexibility index (Phi) is 5.58. The van der Waals surface area contributed by atoms with Gasteiger partial charge in [-0.25, -0.2) is 0 Å². The van der Waals surface area contributed by atoms with Crippen molar-refractivity contribution in [3.63, 3.8) is 0 Å². The average molecular weight is 421 g/mol. The second kappa shape index (κ2) is 7.66. The van der Waals surface area contributed by atoms with Crippen LogP contribution < -0.4 is 5.32 Å². The third-order valence-electron chi connectivity index (χ3n) is 4.73. The molecule has 3 rings (SSSR count). The first-order chi connectivity index (χ1) is 13.5. The number of benzene rings is 2. The predicted molar refractivity (Wildman–Crippen MR) is 107 cm³/mol. The van der Waals surface area contributed by atoms with E-state index in [1.807, 2.05) is 0 Å². The van der Waals surface area contributed by atoms with Gasteiger partial charge < -0.3 is 10.2 Å². The Morgan fingerprint density at radius 1 is 1.07 bits per heavy atom. The Morgan fingerprint density at radius 2 is 1.69 bits per heavy atom. The average Bonchev–Trinajstić information content (AvgIpc) is 2.91. The van der Waals surface area contributed by atoms with Gasteiger partial charge in [-0.3, -0.25) is 9.59 Å². The molecule has 0 radical (unpaired) electrons. The molecule has 0 spiro atoms. The number of rotatable bonds is 5. The minimum Gasteiger partial charge on any atom is -0.357 e. The Bertz CT molecular complexity index is 921. The summed E-state index contributed by atoms with van der Waals surface area (Å²) in [7, 11) is -1.54. The van der Waals surface area contributed by atoms with Crippen molar-refractivity contribution in [1.29, 1.82) is 0 Å². The van der Waals surface area contributed by atoms with E-state index in [2.05, 4.69) is 25.0 Å². The van der Waals surface area contributed by atoms with Gasteiger partial charge in [-0.05, 0) is 29.3 Å². The minimum absolute atomic E-state index is 0.0523. The van der Waals surface area contributed by atoms with E-state index >= 15 is 0 Å². The molecule has 2 aromatic carbocycles. The highest BCUT2D eigenvalue weighted by atomic mass is 28.3. The molecule has 0 aromatic heterocycles. The van der Waals surface area contributed by atoms with Crippen molar-refractivity contribution in [3.8, 4) is 0 Å². The van der Waals surface area contributed by atoms with Crippen LogP contribution in [-0.4, -0.2) is 31.0 Å². The van der Waals surface area contributed by atoms with E-state index in [1.54, 1.807) is 24.3 Å². The van der Waals surface area contributed by atoms with Gasteiger partial charge in [0.2, 0.25) is 5.91 Å². The number of alkyl halides is 3. The van der Waals surface area contributed by atoms with Gasteiger partial charge in [0.05, 0.1) is 13.6 Å². The fourth-order valence-corrected chi connectivity index (χ4v) is 3.97. The summed E-state index contributed by atoms with van der Waals surface area (Å²) in [5.74, 6) is -0.564. The largest absolute Gasteiger partial charge is 0.416 e. The van der Waals surface area contributed by atoms with Crippen LogP contribution in [0.25, 0.3) is 0 Å². The van der Waals surface area contributed by atoms with E-state index in [9.17, 15) is 22.8 Å². The monoisotopic (exact) mass is 420 g/mol. The smallest absolute Gasteiger partial charge is 0.357 e. The lowest BCUT2D eigenvalue weighted by Gasteiger charge is -2.26. The normalized spacial score (nSPS) is 16.7. The number of fused-ring (bicyclic) bond motifs is 1. The molecule has 0 aliphatic carbocycles. The van der Waals surface area contributed by atoms with Crippen molar-refractivity contribution in [2.75, 3.05) is 6.17 Å². The minimum atomic E-state index is -4.42. The Labute approximate surface area is 168 Å². The zero-order valence-electron chi connectivity index (χ0n) is 16.5. The summed E-state index contributed by atoms with van der Waals surface area (Å²) in [5, 5.41) is 2.95. The van der Waals surface area contributed by atoms with Crippen molar-refractivity contribution < 1.29 is 22.8 Å². The van der Waals surface area contributed by atoms with Gasteiger partial charge in [-0.1, -0.05) is 50.0 Å². The van der Waals surface area contributed by atoms with Gasteiger partial charge >= 0.3 is 6.18 Å². The van der Waals surface area contributed by atoms with E-state index in [0.29, 0.717) is 22.9 Å². The molecular weight excluding hydrogens is 397 g/mol. The van der Waals surface area contributed by atoms with Crippen LogP contribution >= 0.6 is 0 Å². The molecule has 0 fully saturated rings. The standard InChI is InChI=1S/C21H23F3N2O2Si/c1-29(2,3)13-25-19(27)18-16-6-4-5-7-17(16)20(28)26(18)12-14-8-10-15(11-9-14)21(22,23)24/h4-11,18H,12-13H2,1-3H3,(H,25,27). The van der Waals surface area contributed by atoms with Gasteiger partial charge in [0, 0.05) is 18.3 Å². The lowest BCUT2D eigenvalue weighted by Crippen LogP contribution is -2.45.